The lowest BCUT2D eigenvalue weighted by atomic mass is 10.2. The van der Waals surface area contributed by atoms with Crippen LogP contribution < -0.4 is 121 Å². The Kier molecular flexibility index (Phi) is 21.2. The predicted octanol–water partition coefficient (Wildman–Crippen LogP) is -5.11. The number of nitrogens with zero attached hydrogens (tertiary/aromatic N) is 5. The van der Waals surface area contributed by atoms with E-state index in [1.807, 2.05) is 140 Å². The van der Waals surface area contributed by atoms with Gasteiger partial charge in [-0.2, -0.15) is 0 Å². The van der Waals surface area contributed by atoms with Gasteiger partial charge in [0.05, 0.1) is 11.0 Å². The van der Waals surface area contributed by atoms with Crippen LogP contribution in [0.4, 0.5) is 56.9 Å². The number of halogens is 4. The molecule has 0 radical (unpaired) electrons. The van der Waals surface area contributed by atoms with E-state index in [0.717, 1.165) is 89.7 Å². The van der Waals surface area contributed by atoms with Gasteiger partial charge in [-0.05, 0) is 124 Å². The number of nitrogens with one attached hydrogen (secondary N) is 2. The molecule has 16 nitrogen and oxygen atoms in total. The number of anilines is 7. The molecule has 0 saturated carbocycles. The molecule has 3 heterocycles. The Hall–Kier alpha value is -8.35. The van der Waals surface area contributed by atoms with Gasteiger partial charge in [0.1, 0.15) is 17.2 Å². The number of aromatic nitrogens is 6. The number of rotatable bonds is 3. The van der Waals surface area contributed by atoms with Gasteiger partial charge in [0.15, 0.2) is 0 Å². The maximum Gasteiger partial charge on any atom is 0.138 e. The minimum Gasteiger partial charge on any atom is -1.00 e. The van der Waals surface area contributed by atoms with E-state index >= 15 is 0 Å². The van der Waals surface area contributed by atoms with E-state index in [1.54, 1.807) is 36.4 Å². The highest BCUT2D eigenvalue weighted by Gasteiger charge is 2.05. The van der Waals surface area contributed by atoms with Crippen molar-refractivity contribution in [2.75, 3.05) is 40.1 Å². The van der Waals surface area contributed by atoms with Crippen LogP contribution in [-0.2, 0) is 0 Å². The second-order valence-corrected chi connectivity index (χ2v) is 15.3. The lowest BCUT2D eigenvalue weighted by molar-refractivity contribution is -0.330. The molecule has 0 bridgehead atoms. The first kappa shape index (κ1) is 57.0. The molecule has 0 atom stereocenters. The number of quaternary nitrogens is 2. The smallest absolute Gasteiger partial charge is 0.138 e. The molecular formula is C51H51Cl4N16-5. The second kappa shape index (κ2) is 26.4. The van der Waals surface area contributed by atoms with E-state index in [0.29, 0.717) is 34.4 Å². The molecule has 20 heteroatoms. The van der Waals surface area contributed by atoms with Crippen molar-refractivity contribution in [3.05, 3.63) is 182 Å². The summed E-state index contributed by atoms with van der Waals surface area (Å²) >= 11 is 0. The molecule has 0 fully saturated rings. The number of nitrogens with two attached hydrogens (primary N) is 7. The number of fused-ring (bicyclic) bond motifs is 3. The predicted molar refractivity (Wildman–Crippen MR) is 273 cm³/mol. The average Bonchev–Trinajstić information content (AvgIpc) is 4.07. The lowest BCUT2D eigenvalue weighted by Gasteiger charge is -2.03. The third-order valence-corrected chi connectivity index (χ3v) is 9.87. The van der Waals surface area contributed by atoms with Gasteiger partial charge in [-0.15, -0.1) is 5.69 Å². The van der Waals surface area contributed by atoms with Crippen molar-refractivity contribution in [1.82, 2.24) is 24.9 Å². The van der Waals surface area contributed by atoms with E-state index < -0.39 is 0 Å². The maximum absolute atomic E-state index is 7.44. The summed E-state index contributed by atoms with van der Waals surface area (Å²) in [6.07, 6.45) is 0. The molecule has 11 rings (SSSR count). The van der Waals surface area contributed by atoms with Crippen molar-refractivity contribution in [3.8, 4) is 34.2 Å². The molecular weight excluding hydrogens is 978 g/mol. The van der Waals surface area contributed by atoms with Crippen LogP contribution in [0.2, 0.25) is 0 Å². The van der Waals surface area contributed by atoms with E-state index in [9.17, 15) is 0 Å². The summed E-state index contributed by atoms with van der Waals surface area (Å²) < 4.78 is 0. The Bertz CT molecular complexity index is 2970. The zero-order valence-electron chi connectivity index (χ0n) is 37.9. The van der Waals surface area contributed by atoms with Gasteiger partial charge in [0.25, 0.3) is 0 Å². The van der Waals surface area contributed by atoms with Crippen LogP contribution in [0.3, 0.4) is 0 Å². The Morgan fingerprint density at radius 2 is 0.690 bits per heavy atom. The second-order valence-electron chi connectivity index (χ2n) is 15.3. The Morgan fingerprint density at radius 1 is 0.366 bits per heavy atom. The van der Waals surface area contributed by atoms with Crippen LogP contribution in [0, 0.1) is 0 Å². The zero-order chi connectivity index (χ0) is 47.5. The molecule has 0 amide bonds. The summed E-state index contributed by atoms with van der Waals surface area (Å²) in [5.74, 6) is 2.20. The first-order chi connectivity index (χ1) is 32.2. The fraction of sp³-hybridized carbons (Fsp3) is 0. The van der Waals surface area contributed by atoms with E-state index in [1.165, 1.54) is 0 Å². The number of hydrogen-bond donors (Lipinski definition) is 9. The van der Waals surface area contributed by atoms with Crippen LogP contribution in [0.15, 0.2) is 176 Å². The molecule has 0 unspecified atom stereocenters. The Balaban J connectivity index is 0.000000239. The summed E-state index contributed by atoms with van der Waals surface area (Å²) in [6, 6.07) is 53.8. The molecule has 8 aromatic carbocycles. The summed E-state index contributed by atoms with van der Waals surface area (Å²) in [7, 11) is 0. The van der Waals surface area contributed by atoms with Crippen LogP contribution in [0.5, 0.6) is 0 Å². The fourth-order valence-corrected chi connectivity index (χ4v) is 6.31. The monoisotopic (exact) mass is 1030 g/mol. The number of benzene rings is 8. The fourth-order valence-electron chi connectivity index (χ4n) is 6.31. The van der Waals surface area contributed by atoms with Crippen molar-refractivity contribution in [2.24, 2.45) is 0 Å². The number of nitrogen functional groups attached to an aromatic ring is 7. The summed E-state index contributed by atoms with van der Waals surface area (Å²) in [5.41, 5.74) is 69.7. The molecule has 71 heavy (non-hydrogen) atoms. The SMILES string of the molecule is Nc1ccc(-c2nc3cc(N)ccc3[n-]2)cc1.Nc1ccc(-c2nc3cc(N)ccc3[n-]2)cc1.Nc1ccc(N)cc1.[Cl-].[Cl-].[Cl-].[Cl-].[NH-]c1ccc(-c2[n-]c3ccc(N)cc3[nH+]2)cc1.[NH3+]c1ccc([NH3+])cc1. The third-order valence-electron chi connectivity index (χ3n) is 9.87. The van der Waals surface area contributed by atoms with Gasteiger partial charge in [0, 0.05) is 69.6 Å². The third kappa shape index (κ3) is 16.1. The minimum absolute atomic E-state index is 0. The summed E-state index contributed by atoms with van der Waals surface area (Å²) in [6.45, 7) is 0. The van der Waals surface area contributed by atoms with E-state index in [-0.39, 0.29) is 49.6 Å². The van der Waals surface area contributed by atoms with Gasteiger partial charge < -0.3 is 132 Å². The molecule has 0 saturated heterocycles. The molecule has 3 aromatic heterocycles. The van der Waals surface area contributed by atoms with Crippen molar-refractivity contribution >= 4 is 90.0 Å². The molecule has 22 N–H and O–H groups in total. The van der Waals surface area contributed by atoms with Crippen LogP contribution in [0.1, 0.15) is 0 Å². The molecule has 0 aliphatic heterocycles. The van der Waals surface area contributed by atoms with Gasteiger partial charge in [-0.3, -0.25) is 0 Å². The molecule has 368 valence electrons. The van der Waals surface area contributed by atoms with Crippen LogP contribution >= 0.6 is 0 Å². The molecule has 0 aliphatic rings. The zero-order valence-corrected chi connectivity index (χ0v) is 41.0. The first-order valence-electron chi connectivity index (χ1n) is 20.8. The van der Waals surface area contributed by atoms with Crippen molar-refractivity contribution in [2.45, 2.75) is 0 Å². The van der Waals surface area contributed by atoms with Crippen molar-refractivity contribution < 1.29 is 66.1 Å². The van der Waals surface area contributed by atoms with Crippen LogP contribution in [-0.4, -0.2) is 9.97 Å². The van der Waals surface area contributed by atoms with Crippen LogP contribution in [0.25, 0.3) is 73.0 Å². The standard InChI is InChI=1S/2C13H11N4.C13H10N4.2C6H8N2.4ClH/c3*14-9-3-1-8(2-4-9)13-16-11-6-5-10(15)7-12(11)17-13;2*7-5-1-2-6(8)4-3-5;;;;/h2*1-7H,14-15H2;1-7,14H,15H2;2*1-4H,7-8H2;4*1H/q2*-1;-2;;;;;;/p-1. The molecule has 0 spiro atoms. The number of imidazole rings is 3. The van der Waals surface area contributed by atoms with E-state index in [2.05, 4.69) is 41.4 Å². The van der Waals surface area contributed by atoms with Crippen molar-refractivity contribution in [1.29, 1.82) is 0 Å². The average molecular weight is 1030 g/mol. The summed E-state index contributed by atoms with van der Waals surface area (Å²) in [5, 5.41) is 0. The largest absolute Gasteiger partial charge is 1.00 e. The van der Waals surface area contributed by atoms with Crippen molar-refractivity contribution in [3.63, 3.8) is 0 Å². The van der Waals surface area contributed by atoms with E-state index in [4.69, 9.17) is 45.9 Å². The van der Waals surface area contributed by atoms with Gasteiger partial charge >= 0.3 is 0 Å². The quantitative estimate of drug-likeness (QED) is 0.0751. The normalized spacial score (nSPS) is 9.83. The Morgan fingerprint density at radius 3 is 1.08 bits per heavy atom. The topological polar surface area (TPSA) is 343 Å². The summed E-state index contributed by atoms with van der Waals surface area (Å²) in [4.78, 5) is 25.5. The minimum atomic E-state index is 0. The lowest BCUT2D eigenvalue weighted by Crippen LogP contribution is -3.00. The number of H-pyrrole nitrogens is 1. The number of hydrogen-bond acceptors (Lipinski definition) is 9. The highest BCUT2D eigenvalue weighted by molar-refractivity contribution is 5.83. The highest BCUT2D eigenvalue weighted by Crippen LogP contribution is 2.24. The number of aromatic amines is 1. The van der Waals surface area contributed by atoms with Gasteiger partial charge in [-0.1, -0.05) is 72.3 Å². The molecule has 0 aliphatic carbocycles. The van der Waals surface area contributed by atoms with Gasteiger partial charge in [-0.25, -0.2) is 4.98 Å². The Labute approximate surface area is 434 Å². The van der Waals surface area contributed by atoms with Gasteiger partial charge in [0.2, 0.25) is 0 Å². The molecule has 11 aromatic rings. The maximum atomic E-state index is 7.44. The first-order valence-corrected chi connectivity index (χ1v) is 20.8. The highest BCUT2D eigenvalue weighted by atomic mass is 35.5.